The molecule has 5 rings (SSSR count). The molecule has 0 radical (unpaired) electrons. The van der Waals surface area contributed by atoms with E-state index >= 15 is 0 Å². The number of hydrogen-bond acceptors (Lipinski definition) is 7. The molecular weight excluding hydrogens is 564 g/mol. The number of nitrogens with zero attached hydrogens (tertiary/aromatic N) is 4. The van der Waals surface area contributed by atoms with Crippen molar-refractivity contribution in [2.75, 3.05) is 43.4 Å². The summed E-state index contributed by atoms with van der Waals surface area (Å²) in [4.78, 5) is 37.3. The van der Waals surface area contributed by atoms with E-state index in [0.29, 0.717) is 24.6 Å². The van der Waals surface area contributed by atoms with Crippen LogP contribution in [0.5, 0.6) is 11.6 Å². The number of thiocarbonyl (C=S) groups is 1. The first-order valence-corrected chi connectivity index (χ1v) is 14.1. The lowest BCUT2D eigenvalue weighted by Crippen LogP contribution is -2.46. The largest absolute Gasteiger partial charge is 0.436 e. The fraction of sp³-hybridized carbons (Fsp3) is 0.345. The first-order valence-electron chi connectivity index (χ1n) is 13.7. The molecular formula is C29H31F2N7O3S. The molecule has 1 aromatic heterocycles. The van der Waals surface area contributed by atoms with Gasteiger partial charge in [0.05, 0.1) is 6.42 Å². The molecule has 42 heavy (non-hydrogen) atoms. The van der Waals surface area contributed by atoms with Crippen LogP contribution in [0.15, 0.2) is 54.9 Å². The number of anilines is 2. The molecule has 0 unspecified atom stereocenters. The van der Waals surface area contributed by atoms with Gasteiger partial charge in [0.2, 0.25) is 11.8 Å². The quantitative estimate of drug-likeness (QED) is 0.326. The van der Waals surface area contributed by atoms with Gasteiger partial charge in [-0.3, -0.25) is 10.1 Å². The van der Waals surface area contributed by atoms with Crippen molar-refractivity contribution in [1.29, 1.82) is 0 Å². The highest BCUT2D eigenvalue weighted by atomic mass is 32.1. The highest BCUT2D eigenvalue weighted by molar-refractivity contribution is 7.80. The maximum atomic E-state index is 14.8. The number of amides is 3. The van der Waals surface area contributed by atoms with Crippen molar-refractivity contribution in [3.05, 3.63) is 72.1 Å². The number of likely N-dealkylation sites (tertiary alicyclic amines) is 2. The van der Waals surface area contributed by atoms with Gasteiger partial charge in [0.15, 0.2) is 16.7 Å². The summed E-state index contributed by atoms with van der Waals surface area (Å²) in [5.41, 5.74) is 0.908. The van der Waals surface area contributed by atoms with Crippen molar-refractivity contribution >= 4 is 40.8 Å². The van der Waals surface area contributed by atoms with Crippen LogP contribution in [0, 0.1) is 17.6 Å². The highest BCUT2D eigenvalue weighted by Crippen LogP contribution is 2.27. The third kappa shape index (κ3) is 8.17. The van der Waals surface area contributed by atoms with E-state index in [1.54, 1.807) is 4.90 Å². The Morgan fingerprint density at radius 3 is 2.43 bits per heavy atom. The zero-order chi connectivity index (χ0) is 29.5. The van der Waals surface area contributed by atoms with Crippen LogP contribution in [0.3, 0.4) is 0 Å². The van der Waals surface area contributed by atoms with E-state index in [0.717, 1.165) is 25.5 Å². The van der Waals surface area contributed by atoms with E-state index in [4.69, 9.17) is 17.0 Å². The minimum atomic E-state index is -0.703. The van der Waals surface area contributed by atoms with Crippen molar-refractivity contribution in [3.8, 4) is 11.6 Å². The van der Waals surface area contributed by atoms with E-state index in [-0.39, 0.29) is 40.7 Å². The van der Waals surface area contributed by atoms with Crippen LogP contribution >= 0.6 is 12.2 Å². The number of rotatable bonds is 8. The number of nitrogens with one attached hydrogen (secondary N) is 3. The Morgan fingerprint density at radius 1 is 0.976 bits per heavy atom. The molecule has 3 aromatic rings. The molecule has 2 aliphatic rings. The third-order valence-corrected chi connectivity index (χ3v) is 7.38. The van der Waals surface area contributed by atoms with Crippen LogP contribution in [-0.4, -0.2) is 69.5 Å². The predicted molar refractivity (Wildman–Crippen MR) is 157 cm³/mol. The Bertz CT molecular complexity index is 1430. The van der Waals surface area contributed by atoms with Gasteiger partial charge in [0.1, 0.15) is 18.0 Å². The minimum Gasteiger partial charge on any atom is -0.436 e. The number of carbonyl (C=O) groups is 2. The molecule has 0 atom stereocenters. The standard InChI is InChI=1S/C29H31F2N7O3S/c30-21-4-2-19(3-5-21)14-26(39)36-28(42)34-22-6-7-24(23(31)15-22)41-27-16-25(32-18-33-27)35-29(40)38-12-8-20(9-13-38)17-37-10-1-11-37/h2-7,15-16,18,20H,1,8-14,17H2,(H,32,33,35,40)(H2,34,36,39,42). The maximum Gasteiger partial charge on any atom is 0.323 e. The number of halogens is 2. The minimum absolute atomic E-state index is 0.00195. The molecule has 2 aromatic carbocycles. The predicted octanol–water partition coefficient (Wildman–Crippen LogP) is 4.55. The molecule has 2 fully saturated rings. The Kier molecular flexibility index (Phi) is 9.49. The van der Waals surface area contributed by atoms with Gasteiger partial charge in [0.25, 0.3) is 0 Å². The molecule has 0 saturated carbocycles. The van der Waals surface area contributed by atoms with Crippen molar-refractivity contribution in [2.24, 2.45) is 5.92 Å². The van der Waals surface area contributed by atoms with Gasteiger partial charge in [-0.1, -0.05) is 12.1 Å². The highest BCUT2D eigenvalue weighted by Gasteiger charge is 2.26. The molecule has 10 nitrogen and oxygen atoms in total. The number of piperidine rings is 1. The van der Waals surface area contributed by atoms with Crippen molar-refractivity contribution < 1.29 is 23.1 Å². The number of aromatic nitrogens is 2. The number of ether oxygens (including phenoxy) is 1. The molecule has 3 amide bonds. The van der Waals surface area contributed by atoms with Crippen LogP contribution in [0.1, 0.15) is 24.8 Å². The Balaban J connectivity index is 1.09. The zero-order valence-electron chi connectivity index (χ0n) is 22.8. The summed E-state index contributed by atoms with van der Waals surface area (Å²) in [5.74, 6) is -0.691. The molecule has 0 aliphatic carbocycles. The van der Waals surface area contributed by atoms with Crippen LogP contribution in [0.25, 0.3) is 0 Å². The molecule has 2 saturated heterocycles. The lowest BCUT2D eigenvalue weighted by Gasteiger charge is -2.38. The van der Waals surface area contributed by atoms with E-state index in [1.807, 2.05) is 0 Å². The number of urea groups is 1. The number of benzene rings is 2. The van der Waals surface area contributed by atoms with Crippen molar-refractivity contribution in [3.63, 3.8) is 0 Å². The first kappa shape index (κ1) is 29.3. The summed E-state index contributed by atoms with van der Waals surface area (Å²) < 4.78 is 33.4. The molecule has 220 valence electrons. The molecule has 3 heterocycles. The summed E-state index contributed by atoms with van der Waals surface area (Å²) in [7, 11) is 0. The molecule has 0 spiro atoms. The maximum absolute atomic E-state index is 14.8. The topological polar surface area (TPSA) is 112 Å². The Hall–Kier alpha value is -4.23. The lowest BCUT2D eigenvalue weighted by molar-refractivity contribution is -0.119. The van der Waals surface area contributed by atoms with Gasteiger partial charge in [-0.05, 0) is 80.3 Å². The first-order chi connectivity index (χ1) is 20.3. The van der Waals surface area contributed by atoms with E-state index in [2.05, 4.69) is 30.8 Å². The van der Waals surface area contributed by atoms with Crippen LogP contribution in [0.4, 0.5) is 25.1 Å². The molecule has 13 heteroatoms. The fourth-order valence-corrected chi connectivity index (χ4v) is 5.03. The van der Waals surface area contributed by atoms with E-state index in [1.165, 1.54) is 68.3 Å². The zero-order valence-corrected chi connectivity index (χ0v) is 23.6. The van der Waals surface area contributed by atoms with Crippen molar-refractivity contribution in [1.82, 2.24) is 25.1 Å². The van der Waals surface area contributed by atoms with Gasteiger partial charge < -0.3 is 25.2 Å². The van der Waals surface area contributed by atoms with Crippen LogP contribution < -0.4 is 20.7 Å². The average molecular weight is 596 g/mol. The molecule has 2 aliphatic heterocycles. The third-order valence-electron chi connectivity index (χ3n) is 7.18. The van der Waals surface area contributed by atoms with Gasteiger partial charge in [-0.15, -0.1) is 0 Å². The SMILES string of the molecule is O=C(Cc1ccc(F)cc1)NC(=S)Nc1ccc(Oc2cc(NC(=O)N3CCC(CN4CCC4)CC3)ncn2)c(F)c1. The summed E-state index contributed by atoms with van der Waals surface area (Å²) in [6, 6.07) is 10.8. The van der Waals surface area contributed by atoms with Crippen LogP contribution in [0.2, 0.25) is 0 Å². The second-order valence-corrected chi connectivity index (χ2v) is 10.7. The second-order valence-electron chi connectivity index (χ2n) is 10.3. The summed E-state index contributed by atoms with van der Waals surface area (Å²) in [5, 5.41) is 7.99. The van der Waals surface area contributed by atoms with Gasteiger partial charge in [-0.25, -0.2) is 23.5 Å². The lowest BCUT2D eigenvalue weighted by atomic mass is 9.95. The fourth-order valence-electron chi connectivity index (χ4n) is 4.80. The van der Waals surface area contributed by atoms with E-state index in [9.17, 15) is 18.4 Å². The average Bonchev–Trinajstić information content (AvgIpc) is 2.94. The molecule has 0 bridgehead atoms. The van der Waals surface area contributed by atoms with Crippen molar-refractivity contribution in [2.45, 2.75) is 25.7 Å². The molecule has 3 N–H and O–H groups in total. The number of carbonyl (C=O) groups excluding carboxylic acids is 2. The Labute approximate surface area is 247 Å². The summed E-state index contributed by atoms with van der Waals surface area (Å²) in [6.07, 6.45) is 4.45. The number of hydrogen-bond donors (Lipinski definition) is 3. The smallest absolute Gasteiger partial charge is 0.323 e. The second kappa shape index (κ2) is 13.6. The monoisotopic (exact) mass is 595 g/mol. The van der Waals surface area contributed by atoms with Crippen LogP contribution in [-0.2, 0) is 11.2 Å². The van der Waals surface area contributed by atoms with E-state index < -0.39 is 17.5 Å². The summed E-state index contributed by atoms with van der Waals surface area (Å²) in [6.45, 7) is 4.84. The summed E-state index contributed by atoms with van der Waals surface area (Å²) >= 11 is 5.14. The van der Waals surface area contributed by atoms with Gasteiger partial charge in [0, 0.05) is 37.5 Å². The normalized spacial score (nSPS) is 15.4. The Morgan fingerprint density at radius 2 is 1.74 bits per heavy atom. The van der Waals surface area contributed by atoms with Gasteiger partial charge >= 0.3 is 6.03 Å². The van der Waals surface area contributed by atoms with Gasteiger partial charge in [-0.2, -0.15) is 0 Å².